The monoisotopic (exact) mass is 300 g/mol. The van der Waals surface area contributed by atoms with E-state index in [1.54, 1.807) is 0 Å². The molecule has 0 amide bonds. The molecule has 1 aromatic rings. The van der Waals surface area contributed by atoms with Gasteiger partial charge in [0, 0.05) is 19.1 Å². The quantitative estimate of drug-likeness (QED) is 0.927. The van der Waals surface area contributed by atoms with Gasteiger partial charge in [-0.1, -0.05) is 0 Å². The number of nitrogens with one attached hydrogen (secondary N) is 1. The smallest absolute Gasteiger partial charge is 0.355 e. The van der Waals surface area contributed by atoms with Crippen molar-refractivity contribution in [1.29, 1.82) is 0 Å². The second kappa shape index (κ2) is 5.79. The number of anilines is 1. The lowest BCUT2D eigenvalue weighted by Crippen LogP contribution is -2.38. The molecule has 0 atom stereocenters. The predicted molar refractivity (Wildman–Crippen MR) is 73.0 cm³/mol. The third-order valence-electron chi connectivity index (χ3n) is 4.15. The predicted octanol–water partition coefficient (Wildman–Crippen LogP) is 2.46. The molecule has 0 aromatic carbocycles. The minimum Gasteiger partial charge on any atom is -0.355 e. The van der Waals surface area contributed by atoms with Gasteiger partial charge in [0.15, 0.2) is 11.5 Å². The number of aromatic nitrogens is 2. The fraction of sp³-hybridized carbons (Fsp3) is 0.714. The maximum Gasteiger partial charge on any atom is 0.435 e. The number of nitrogens with zero attached hydrogens (tertiary/aromatic N) is 3. The van der Waals surface area contributed by atoms with Crippen molar-refractivity contribution < 1.29 is 13.2 Å². The van der Waals surface area contributed by atoms with E-state index in [4.69, 9.17) is 0 Å². The Morgan fingerprint density at radius 3 is 2.33 bits per heavy atom. The summed E-state index contributed by atoms with van der Waals surface area (Å²) in [5, 5.41) is 10.5. The summed E-state index contributed by atoms with van der Waals surface area (Å²) in [6.45, 7) is 2.71. The van der Waals surface area contributed by atoms with E-state index in [1.807, 2.05) is 4.90 Å². The van der Waals surface area contributed by atoms with Gasteiger partial charge in [0.2, 0.25) is 0 Å². The van der Waals surface area contributed by atoms with E-state index in [0.717, 1.165) is 44.6 Å². The molecular formula is C14H19F3N4. The maximum absolute atomic E-state index is 12.4. The van der Waals surface area contributed by atoms with Crippen LogP contribution in [-0.4, -0.2) is 35.9 Å². The first-order valence-electron chi connectivity index (χ1n) is 7.41. The van der Waals surface area contributed by atoms with Crippen LogP contribution in [0.5, 0.6) is 0 Å². The molecular weight excluding hydrogens is 281 g/mol. The molecule has 1 aromatic heterocycles. The molecule has 0 radical (unpaired) electrons. The Morgan fingerprint density at radius 1 is 1.10 bits per heavy atom. The molecule has 1 saturated carbocycles. The van der Waals surface area contributed by atoms with Crippen LogP contribution in [0.3, 0.4) is 0 Å². The molecule has 2 fully saturated rings. The summed E-state index contributed by atoms with van der Waals surface area (Å²) < 4.78 is 37.3. The molecule has 1 saturated heterocycles. The van der Waals surface area contributed by atoms with Gasteiger partial charge in [-0.2, -0.15) is 13.2 Å². The van der Waals surface area contributed by atoms with Gasteiger partial charge in [0.05, 0.1) is 0 Å². The molecule has 7 heteroatoms. The molecule has 116 valence electrons. The van der Waals surface area contributed by atoms with E-state index in [1.165, 1.54) is 18.9 Å². The molecule has 2 heterocycles. The van der Waals surface area contributed by atoms with E-state index in [2.05, 4.69) is 15.5 Å². The Labute approximate surface area is 121 Å². The van der Waals surface area contributed by atoms with E-state index in [-0.39, 0.29) is 0 Å². The number of hydrogen-bond acceptors (Lipinski definition) is 4. The van der Waals surface area contributed by atoms with Crippen molar-refractivity contribution in [2.24, 2.45) is 5.92 Å². The topological polar surface area (TPSA) is 41.0 Å². The molecule has 3 rings (SSSR count). The zero-order chi connectivity index (χ0) is 14.9. The van der Waals surface area contributed by atoms with Crippen LogP contribution in [0.25, 0.3) is 0 Å². The summed E-state index contributed by atoms with van der Waals surface area (Å²) >= 11 is 0. The summed E-state index contributed by atoms with van der Waals surface area (Å²) in [5.74, 6) is 1.20. The van der Waals surface area contributed by atoms with Gasteiger partial charge in [0.1, 0.15) is 0 Å². The largest absolute Gasteiger partial charge is 0.435 e. The number of piperidine rings is 1. The second-order valence-electron chi connectivity index (χ2n) is 5.89. The van der Waals surface area contributed by atoms with Crippen molar-refractivity contribution >= 4 is 5.82 Å². The minimum atomic E-state index is -4.42. The molecule has 4 nitrogen and oxygen atoms in total. The van der Waals surface area contributed by atoms with Gasteiger partial charge < -0.3 is 10.2 Å². The highest BCUT2D eigenvalue weighted by molar-refractivity contribution is 5.38. The van der Waals surface area contributed by atoms with Crippen molar-refractivity contribution in [3.05, 3.63) is 17.8 Å². The highest BCUT2D eigenvalue weighted by Gasteiger charge is 2.33. The first kappa shape index (κ1) is 14.6. The Kier molecular flexibility index (Phi) is 4.01. The fourth-order valence-electron chi connectivity index (χ4n) is 2.63. The van der Waals surface area contributed by atoms with E-state index >= 15 is 0 Å². The van der Waals surface area contributed by atoms with Crippen LogP contribution in [0.2, 0.25) is 0 Å². The number of rotatable bonds is 4. The third-order valence-corrected chi connectivity index (χ3v) is 4.15. The lowest BCUT2D eigenvalue weighted by Gasteiger charge is -2.32. The molecule has 0 spiro atoms. The SMILES string of the molecule is FC(F)(F)c1ccc(N2CCC(CNC3CC3)CC2)nn1. The van der Waals surface area contributed by atoms with Crippen molar-refractivity contribution in [3.8, 4) is 0 Å². The lowest BCUT2D eigenvalue weighted by atomic mass is 9.97. The van der Waals surface area contributed by atoms with Crippen LogP contribution in [0.4, 0.5) is 19.0 Å². The maximum atomic E-state index is 12.4. The zero-order valence-electron chi connectivity index (χ0n) is 11.7. The van der Waals surface area contributed by atoms with Crippen LogP contribution in [0.1, 0.15) is 31.4 Å². The number of halogens is 3. The van der Waals surface area contributed by atoms with Crippen molar-refractivity contribution in [2.75, 3.05) is 24.5 Å². The molecule has 1 N–H and O–H groups in total. The van der Waals surface area contributed by atoms with Crippen molar-refractivity contribution in [3.63, 3.8) is 0 Å². The van der Waals surface area contributed by atoms with Crippen molar-refractivity contribution in [1.82, 2.24) is 15.5 Å². The lowest BCUT2D eigenvalue weighted by molar-refractivity contribution is -0.141. The first-order valence-corrected chi connectivity index (χ1v) is 7.41. The van der Waals surface area contributed by atoms with Gasteiger partial charge in [-0.05, 0) is 50.3 Å². The zero-order valence-corrected chi connectivity index (χ0v) is 11.7. The van der Waals surface area contributed by atoms with E-state index < -0.39 is 11.9 Å². The first-order chi connectivity index (χ1) is 10.0. The Balaban J connectivity index is 1.51. The number of hydrogen-bond donors (Lipinski definition) is 1. The third kappa shape index (κ3) is 3.84. The Bertz CT molecular complexity index is 462. The summed E-state index contributed by atoms with van der Waals surface area (Å²) in [6, 6.07) is 3.14. The minimum absolute atomic E-state index is 0.539. The van der Waals surface area contributed by atoms with Gasteiger partial charge in [-0.15, -0.1) is 10.2 Å². The van der Waals surface area contributed by atoms with E-state index in [9.17, 15) is 13.2 Å². The molecule has 0 unspecified atom stereocenters. The number of alkyl halides is 3. The average Bonchev–Trinajstić information content (AvgIpc) is 3.29. The molecule has 2 aliphatic rings. The Hall–Kier alpha value is -1.37. The molecule has 0 bridgehead atoms. The Morgan fingerprint density at radius 2 is 1.81 bits per heavy atom. The fourth-order valence-corrected chi connectivity index (χ4v) is 2.63. The van der Waals surface area contributed by atoms with E-state index in [0.29, 0.717) is 11.7 Å². The van der Waals surface area contributed by atoms with Gasteiger partial charge in [0.25, 0.3) is 0 Å². The standard InChI is InChI=1S/C14H19F3N4/c15-14(16,17)12-3-4-13(20-19-12)21-7-5-10(6-8-21)9-18-11-1-2-11/h3-4,10-11,18H,1-2,5-9H2. The normalized spacial score (nSPS) is 20.8. The van der Waals surface area contributed by atoms with Crippen LogP contribution in [0, 0.1) is 5.92 Å². The van der Waals surface area contributed by atoms with Crippen molar-refractivity contribution in [2.45, 2.75) is 37.9 Å². The van der Waals surface area contributed by atoms with Crippen LogP contribution in [-0.2, 0) is 6.18 Å². The molecule has 21 heavy (non-hydrogen) atoms. The molecule has 1 aliphatic heterocycles. The summed E-state index contributed by atoms with van der Waals surface area (Å²) in [7, 11) is 0. The summed E-state index contributed by atoms with van der Waals surface area (Å²) in [5.41, 5.74) is -0.935. The second-order valence-corrected chi connectivity index (χ2v) is 5.89. The van der Waals surface area contributed by atoms with Gasteiger partial charge in [-0.25, -0.2) is 0 Å². The summed E-state index contributed by atoms with van der Waals surface area (Å²) in [4.78, 5) is 2.01. The van der Waals surface area contributed by atoms with Crippen LogP contribution in [0.15, 0.2) is 12.1 Å². The highest BCUT2D eigenvalue weighted by Crippen LogP contribution is 2.28. The molecule has 1 aliphatic carbocycles. The van der Waals surface area contributed by atoms with Gasteiger partial charge >= 0.3 is 6.18 Å². The van der Waals surface area contributed by atoms with Crippen LogP contribution >= 0.6 is 0 Å². The summed E-state index contributed by atoms with van der Waals surface area (Å²) in [6.07, 6.45) is 0.248. The van der Waals surface area contributed by atoms with Gasteiger partial charge in [-0.3, -0.25) is 0 Å². The van der Waals surface area contributed by atoms with Crippen LogP contribution < -0.4 is 10.2 Å². The average molecular weight is 300 g/mol. The highest BCUT2D eigenvalue weighted by atomic mass is 19.4.